The maximum atomic E-state index is 13.5. The van der Waals surface area contributed by atoms with E-state index in [0.717, 1.165) is 27.7 Å². The summed E-state index contributed by atoms with van der Waals surface area (Å²) in [5, 5.41) is 1.63. The molecule has 4 aromatic rings. The van der Waals surface area contributed by atoms with Gasteiger partial charge in [-0.3, -0.25) is 9.69 Å². The lowest BCUT2D eigenvalue weighted by atomic mass is 10.1. The molecule has 0 bridgehead atoms. The zero-order valence-corrected chi connectivity index (χ0v) is 22.8. The number of carbonyl (C=O) groups is 2. The molecular weight excluding hydrogens is 513 g/mol. The van der Waals surface area contributed by atoms with Crippen LogP contribution in [0.25, 0.3) is 17.0 Å². The quantitative estimate of drug-likeness (QED) is 0.188. The van der Waals surface area contributed by atoms with Crippen molar-refractivity contribution in [1.82, 2.24) is 9.47 Å². The summed E-state index contributed by atoms with van der Waals surface area (Å²) in [5.74, 6) is -0.737. The molecule has 0 unspecified atom stereocenters. The molecule has 6 nitrogen and oxygen atoms in total. The molecule has 3 aromatic carbocycles. The fourth-order valence-corrected chi connectivity index (χ4v) is 5.66. The molecule has 0 radical (unpaired) electrons. The standard InChI is InChI=1S/C31H28FN3O3S/c1-4-34-29(36)28(39-31(34)33-24-16-12-22(13-17-24)30(37)38-5-2)18-26-20(3)35(27-9-7-6-8-25(26)27)19-21-10-14-23(32)15-11-21/h6-18H,4-5,19H2,1-3H3/b28-18-,33-31?. The molecule has 1 aliphatic rings. The monoisotopic (exact) mass is 541 g/mol. The van der Waals surface area contributed by atoms with E-state index in [0.29, 0.717) is 41.0 Å². The number of fused-ring (bicyclic) bond motifs is 1. The molecule has 5 rings (SSSR count). The van der Waals surface area contributed by atoms with Crippen molar-refractivity contribution in [3.63, 3.8) is 0 Å². The summed E-state index contributed by atoms with van der Waals surface area (Å²) in [6, 6.07) is 21.4. The van der Waals surface area contributed by atoms with E-state index in [4.69, 9.17) is 9.73 Å². The number of thioether (sulfide) groups is 1. The van der Waals surface area contributed by atoms with Crippen LogP contribution < -0.4 is 0 Å². The lowest BCUT2D eigenvalue weighted by Crippen LogP contribution is -2.28. The predicted molar refractivity (Wildman–Crippen MR) is 155 cm³/mol. The highest BCUT2D eigenvalue weighted by molar-refractivity contribution is 8.18. The van der Waals surface area contributed by atoms with E-state index in [-0.39, 0.29) is 17.7 Å². The molecule has 1 fully saturated rings. The van der Waals surface area contributed by atoms with Gasteiger partial charge in [0.2, 0.25) is 0 Å². The fourth-order valence-electron chi connectivity index (χ4n) is 4.61. The van der Waals surface area contributed by atoms with Gasteiger partial charge in [-0.25, -0.2) is 14.2 Å². The van der Waals surface area contributed by atoms with Crippen LogP contribution in [-0.2, 0) is 16.1 Å². The van der Waals surface area contributed by atoms with Crippen molar-refractivity contribution in [2.24, 2.45) is 4.99 Å². The Balaban J connectivity index is 1.48. The van der Waals surface area contributed by atoms with Crippen LogP contribution in [0.4, 0.5) is 10.1 Å². The molecule has 1 amide bonds. The topological polar surface area (TPSA) is 63.9 Å². The fraction of sp³-hybridized carbons (Fsp3) is 0.194. The van der Waals surface area contributed by atoms with Crippen LogP contribution in [0, 0.1) is 12.7 Å². The van der Waals surface area contributed by atoms with E-state index in [1.54, 1.807) is 48.2 Å². The first-order valence-corrected chi connectivity index (χ1v) is 13.6. The molecule has 198 valence electrons. The van der Waals surface area contributed by atoms with Gasteiger partial charge in [-0.1, -0.05) is 30.3 Å². The van der Waals surface area contributed by atoms with E-state index in [1.807, 2.05) is 32.1 Å². The molecular formula is C31H28FN3O3S. The molecule has 0 atom stereocenters. The average Bonchev–Trinajstić information content (AvgIpc) is 3.38. The van der Waals surface area contributed by atoms with Crippen LogP contribution in [0.3, 0.4) is 0 Å². The van der Waals surface area contributed by atoms with Crippen molar-refractivity contribution >= 4 is 51.5 Å². The molecule has 0 saturated carbocycles. The van der Waals surface area contributed by atoms with E-state index in [2.05, 4.69) is 16.7 Å². The van der Waals surface area contributed by atoms with E-state index in [1.165, 1.54) is 23.9 Å². The normalized spacial score (nSPS) is 15.6. The minimum absolute atomic E-state index is 0.0980. The summed E-state index contributed by atoms with van der Waals surface area (Å²) in [6.07, 6.45) is 1.95. The third kappa shape index (κ3) is 5.38. The zero-order valence-electron chi connectivity index (χ0n) is 22.0. The first-order valence-electron chi connectivity index (χ1n) is 12.8. The number of rotatable bonds is 7. The number of amides is 1. The van der Waals surface area contributed by atoms with Crippen molar-refractivity contribution in [3.8, 4) is 0 Å². The van der Waals surface area contributed by atoms with Gasteiger partial charge in [-0.05, 0) is 86.6 Å². The summed E-state index contributed by atoms with van der Waals surface area (Å²) < 4.78 is 20.7. The number of benzene rings is 3. The number of ether oxygens (including phenoxy) is 1. The second kappa shape index (κ2) is 11.3. The second-order valence-electron chi connectivity index (χ2n) is 9.05. The average molecular weight is 542 g/mol. The Kier molecular flexibility index (Phi) is 7.65. The van der Waals surface area contributed by atoms with Crippen LogP contribution in [0.5, 0.6) is 0 Å². The molecule has 1 aliphatic heterocycles. The zero-order chi connectivity index (χ0) is 27.5. The molecule has 2 heterocycles. The Morgan fingerprint density at radius 2 is 1.74 bits per heavy atom. The Hall–Kier alpha value is -4.17. The summed E-state index contributed by atoms with van der Waals surface area (Å²) >= 11 is 1.34. The highest BCUT2D eigenvalue weighted by Gasteiger charge is 2.32. The smallest absolute Gasteiger partial charge is 0.338 e. The number of halogens is 1. The van der Waals surface area contributed by atoms with Gasteiger partial charge in [0, 0.05) is 35.2 Å². The van der Waals surface area contributed by atoms with Gasteiger partial charge in [-0.2, -0.15) is 0 Å². The molecule has 1 aromatic heterocycles. The lowest BCUT2D eigenvalue weighted by molar-refractivity contribution is -0.122. The van der Waals surface area contributed by atoms with E-state index < -0.39 is 0 Å². The Bertz CT molecular complexity index is 1600. The highest BCUT2D eigenvalue weighted by Crippen LogP contribution is 2.37. The number of aliphatic imine (C=N–C) groups is 1. The van der Waals surface area contributed by atoms with Crippen LogP contribution in [0.15, 0.2) is 82.7 Å². The molecule has 39 heavy (non-hydrogen) atoms. The molecule has 1 saturated heterocycles. The van der Waals surface area contributed by atoms with E-state index in [9.17, 15) is 14.0 Å². The summed E-state index contributed by atoms with van der Waals surface area (Å²) in [5.41, 5.74) is 5.13. The van der Waals surface area contributed by atoms with Gasteiger partial charge in [0.05, 0.1) is 22.8 Å². The predicted octanol–water partition coefficient (Wildman–Crippen LogP) is 6.94. The number of likely N-dealkylation sites (N-methyl/N-ethyl adjacent to an activating group) is 1. The van der Waals surface area contributed by atoms with Crippen molar-refractivity contribution in [2.45, 2.75) is 27.3 Å². The van der Waals surface area contributed by atoms with Crippen LogP contribution in [0.2, 0.25) is 0 Å². The largest absolute Gasteiger partial charge is 0.462 e. The van der Waals surface area contributed by atoms with Gasteiger partial charge in [-0.15, -0.1) is 0 Å². The minimum atomic E-state index is -0.378. The maximum Gasteiger partial charge on any atom is 0.338 e. The molecule has 0 N–H and O–H groups in total. The summed E-state index contributed by atoms with van der Waals surface area (Å²) in [6.45, 7) is 7.10. The minimum Gasteiger partial charge on any atom is -0.462 e. The number of para-hydroxylation sites is 1. The van der Waals surface area contributed by atoms with Gasteiger partial charge in [0.1, 0.15) is 5.82 Å². The van der Waals surface area contributed by atoms with Gasteiger partial charge >= 0.3 is 5.97 Å². The third-order valence-electron chi connectivity index (χ3n) is 6.62. The van der Waals surface area contributed by atoms with Gasteiger partial charge in [0.25, 0.3) is 5.91 Å². The first-order chi connectivity index (χ1) is 18.9. The van der Waals surface area contributed by atoms with Gasteiger partial charge in [0.15, 0.2) is 5.17 Å². The van der Waals surface area contributed by atoms with Crippen LogP contribution in [0.1, 0.15) is 41.0 Å². The highest BCUT2D eigenvalue weighted by atomic mass is 32.2. The van der Waals surface area contributed by atoms with E-state index >= 15 is 0 Å². The molecule has 0 aliphatic carbocycles. The number of amidine groups is 1. The third-order valence-corrected chi connectivity index (χ3v) is 7.62. The maximum absolute atomic E-state index is 13.5. The Morgan fingerprint density at radius 3 is 2.44 bits per heavy atom. The number of carbonyl (C=O) groups excluding carboxylic acids is 2. The van der Waals surface area contributed by atoms with Crippen molar-refractivity contribution in [1.29, 1.82) is 0 Å². The number of nitrogens with zero attached hydrogens (tertiary/aromatic N) is 3. The Labute approximate surface area is 230 Å². The van der Waals surface area contributed by atoms with Crippen molar-refractivity contribution in [2.75, 3.05) is 13.2 Å². The number of esters is 1. The lowest BCUT2D eigenvalue weighted by Gasteiger charge is -2.12. The Morgan fingerprint density at radius 1 is 1.03 bits per heavy atom. The molecule has 8 heteroatoms. The van der Waals surface area contributed by atoms with Crippen LogP contribution in [-0.4, -0.2) is 39.7 Å². The molecule has 0 spiro atoms. The number of aromatic nitrogens is 1. The second-order valence-corrected chi connectivity index (χ2v) is 10.1. The number of hydrogen-bond donors (Lipinski definition) is 0. The SMILES string of the molecule is CCOC(=O)c1ccc(N=C2S/C(=C\c3c(C)n(Cc4ccc(F)cc4)c4ccccc34)C(=O)N2CC)cc1. The summed E-state index contributed by atoms with van der Waals surface area (Å²) in [4.78, 5) is 32.3. The number of hydrogen-bond acceptors (Lipinski definition) is 5. The summed E-state index contributed by atoms with van der Waals surface area (Å²) in [7, 11) is 0. The van der Waals surface area contributed by atoms with Gasteiger partial charge < -0.3 is 9.30 Å². The van der Waals surface area contributed by atoms with Crippen molar-refractivity contribution < 1.29 is 18.7 Å². The van der Waals surface area contributed by atoms with Crippen molar-refractivity contribution in [3.05, 3.63) is 106 Å². The first kappa shape index (κ1) is 26.4. The van der Waals surface area contributed by atoms with Crippen LogP contribution >= 0.6 is 11.8 Å².